The second-order valence-electron chi connectivity index (χ2n) is 4.67. The van der Waals surface area contributed by atoms with Gasteiger partial charge in [-0.05, 0) is 19.8 Å². The summed E-state index contributed by atoms with van der Waals surface area (Å²) in [6, 6.07) is 0. The van der Waals surface area contributed by atoms with Gasteiger partial charge in [-0.2, -0.15) is 0 Å². The van der Waals surface area contributed by atoms with Gasteiger partial charge in [-0.3, -0.25) is 9.59 Å². The summed E-state index contributed by atoms with van der Waals surface area (Å²) in [7, 11) is 0. The monoisotopic (exact) mass is 282 g/mol. The molecule has 8 nitrogen and oxygen atoms in total. The first-order valence-corrected chi connectivity index (χ1v) is 6.63. The Labute approximate surface area is 116 Å². The zero-order chi connectivity index (χ0) is 14.5. The number of likely N-dealkylation sites (N-methyl/N-ethyl adjacent to an activating group) is 1. The molecule has 1 unspecified atom stereocenters. The van der Waals surface area contributed by atoms with E-state index in [1.807, 2.05) is 6.92 Å². The first kappa shape index (κ1) is 14.4. The third kappa shape index (κ3) is 3.53. The Morgan fingerprint density at radius 1 is 1.60 bits per heavy atom. The maximum atomic E-state index is 12.3. The van der Waals surface area contributed by atoms with Crippen LogP contribution in [-0.4, -0.2) is 62.7 Å². The minimum Gasteiger partial charge on any atom is -0.480 e. The Hall–Kier alpha value is -1.96. The molecule has 0 bridgehead atoms. The van der Waals surface area contributed by atoms with Crippen molar-refractivity contribution in [3.63, 3.8) is 0 Å². The van der Waals surface area contributed by atoms with E-state index in [4.69, 9.17) is 9.84 Å². The molecule has 2 rings (SSSR count). The molecule has 1 amide bonds. The molecule has 1 atom stereocenters. The minimum absolute atomic E-state index is 0.0768. The lowest BCUT2D eigenvalue weighted by Crippen LogP contribution is -2.37. The van der Waals surface area contributed by atoms with Crippen molar-refractivity contribution < 1.29 is 19.4 Å². The highest BCUT2D eigenvalue weighted by atomic mass is 16.5. The number of nitrogens with zero attached hydrogens (tertiary/aromatic N) is 4. The van der Waals surface area contributed by atoms with Gasteiger partial charge in [0.25, 0.3) is 5.91 Å². The standard InChI is InChI=1S/C12H18N4O4/c1-2-15(6-9-4-3-5-20-9)12(19)10-7-16(14-13-10)8-11(17)18/h7,9H,2-6,8H2,1H3,(H,17,18). The molecular formula is C12H18N4O4. The number of carbonyl (C=O) groups excluding carboxylic acids is 1. The van der Waals surface area contributed by atoms with Crippen molar-refractivity contribution >= 4 is 11.9 Å². The Bertz CT molecular complexity index is 482. The highest BCUT2D eigenvalue weighted by Crippen LogP contribution is 2.14. The van der Waals surface area contributed by atoms with Gasteiger partial charge in [0.1, 0.15) is 6.54 Å². The van der Waals surface area contributed by atoms with Crippen LogP contribution in [0.15, 0.2) is 6.20 Å². The van der Waals surface area contributed by atoms with E-state index in [0.29, 0.717) is 13.1 Å². The van der Waals surface area contributed by atoms with Gasteiger partial charge in [0, 0.05) is 19.7 Å². The van der Waals surface area contributed by atoms with Crippen molar-refractivity contribution in [2.75, 3.05) is 19.7 Å². The van der Waals surface area contributed by atoms with E-state index in [-0.39, 0.29) is 24.2 Å². The zero-order valence-electron chi connectivity index (χ0n) is 11.4. The Morgan fingerprint density at radius 2 is 2.40 bits per heavy atom. The van der Waals surface area contributed by atoms with Crippen molar-refractivity contribution in [2.45, 2.75) is 32.4 Å². The summed E-state index contributed by atoms with van der Waals surface area (Å²) in [6.45, 7) is 3.39. The molecule has 110 valence electrons. The molecule has 1 aliphatic rings. The third-order valence-corrected chi connectivity index (χ3v) is 3.17. The topological polar surface area (TPSA) is 97.5 Å². The first-order chi connectivity index (χ1) is 9.60. The Morgan fingerprint density at radius 3 is 3.00 bits per heavy atom. The quantitative estimate of drug-likeness (QED) is 0.789. The van der Waals surface area contributed by atoms with Crippen LogP contribution in [-0.2, 0) is 16.1 Å². The lowest BCUT2D eigenvalue weighted by atomic mass is 10.2. The average molecular weight is 282 g/mol. The lowest BCUT2D eigenvalue weighted by molar-refractivity contribution is -0.137. The van der Waals surface area contributed by atoms with Crippen molar-refractivity contribution in [1.29, 1.82) is 0 Å². The van der Waals surface area contributed by atoms with Crippen molar-refractivity contribution in [1.82, 2.24) is 19.9 Å². The summed E-state index contributed by atoms with van der Waals surface area (Å²) in [5.74, 6) is -1.28. The van der Waals surface area contributed by atoms with Gasteiger partial charge in [-0.25, -0.2) is 4.68 Å². The van der Waals surface area contributed by atoms with Gasteiger partial charge in [0.2, 0.25) is 0 Å². The highest BCUT2D eigenvalue weighted by Gasteiger charge is 2.24. The summed E-state index contributed by atoms with van der Waals surface area (Å²) < 4.78 is 6.65. The second kappa shape index (κ2) is 6.47. The van der Waals surface area contributed by atoms with Gasteiger partial charge in [-0.1, -0.05) is 5.21 Å². The van der Waals surface area contributed by atoms with Crippen molar-refractivity contribution in [2.24, 2.45) is 0 Å². The van der Waals surface area contributed by atoms with Crippen molar-refractivity contribution in [3.05, 3.63) is 11.9 Å². The number of carbonyl (C=O) groups is 2. The number of hydrogen-bond donors (Lipinski definition) is 1. The Balaban J connectivity index is 1.99. The molecule has 0 spiro atoms. The third-order valence-electron chi connectivity index (χ3n) is 3.17. The SMILES string of the molecule is CCN(CC1CCCO1)C(=O)c1cn(CC(=O)O)nn1. The lowest BCUT2D eigenvalue weighted by Gasteiger charge is -2.22. The van der Waals surface area contributed by atoms with Crippen LogP contribution in [0.1, 0.15) is 30.3 Å². The molecule has 1 aromatic rings. The van der Waals surface area contributed by atoms with Crippen LogP contribution in [0.3, 0.4) is 0 Å². The number of amides is 1. The largest absolute Gasteiger partial charge is 0.480 e. The van der Waals surface area contributed by atoms with Crippen LogP contribution in [0.5, 0.6) is 0 Å². The average Bonchev–Trinajstić information content (AvgIpc) is 3.05. The molecule has 8 heteroatoms. The maximum absolute atomic E-state index is 12.3. The molecule has 1 N–H and O–H groups in total. The normalized spacial score (nSPS) is 18.1. The van der Waals surface area contributed by atoms with Crippen LogP contribution < -0.4 is 0 Å². The highest BCUT2D eigenvalue weighted by molar-refractivity contribution is 5.92. The predicted octanol–water partition coefficient (Wildman–Crippen LogP) is 0.00380. The number of ether oxygens (including phenoxy) is 1. The summed E-state index contributed by atoms with van der Waals surface area (Å²) in [6.07, 6.45) is 3.41. The number of aliphatic carboxylic acids is 1. The number of carboxylic acids is 1. The number of carboxylic acid groups (broad SMARTS) is 1. The number of rotatable bonds is 6. The molecule has 20 heavy (non-hydrogen) atoms. The molecule has 0 aromatic carbocycles. The van der Waals surface area contributed by atoms with E-state index in [1.165, 1.54) is 6.20 Å². The fourth-order valence-electron chi connectivity index (χ4n) is 2.16. The molecule has 0 radical (unpaired) electrons. The molecule has 0 aliphatic carbocycles. The van der Waals surface area contributed by atoms with E-state index in [1.54, 1.807) is 4.90 Å². The van der Waals surface area contributed by atoms with E-state index < -0.39 is 5.97 Å². The first-order valence-electron chi connectivity index (χ1n) is 6.63. The van der Waals surface area contributed by atoms with E-state index >= 15 is 0 Å². The van der Waals surface area contributed by atoms with Crippen LogP contribution in [0.25, 0.3) is 0 Å². The number of aromatic nitrogens is 3. The molecule has 1 fully saturated rings. The molecule has 1 saturated heterocycles. The van der Waals surface area contributed by atoms with Crippen molar-refractivity contribution in [3.8, 4) is 0 Å². The van der Waals surface area contributed by atoms with Gasteiger partial charge < -0.3 is 14.7 Å². The fourth-order valence-corrected chi connectivity index (χ4v) is 2.16. The summed E-state index contributed by atoms with van der Waals surface area (Å²) >= 11 is 0. The zero-order valence-corrected chi connectivity index (χ0v) is 11.4. The minimum atomic E-state index is -1.03. The van der Waals surface area contributed by atoms with Crippen LogP contribution in [0.2, 0.25) is 0 Å². The van der Waals surface area contributed by atoms with Gasteiger partial charge >= 0.3 is 5.97 Å². The van der Waals surface area contributed by atoms with Gasteiger partial charge in [0.05, 0.1) is 12.3 Å². The van der Waals surface area contributed by atoms with Crippen LogP contribution >= 0.6 is 0 Å². The summed E-state index contributed by atoms with van der Waals surface area (Å²) in [5.41, 5.74) is 0.158. The second-order valence-corrected chi connectivity index (χ2v) is 4.67. The van der Waals surface area contributed by atoms with E-state index in [2.05, 4.69) is 10.3 Å². The van der Waals surface area contributed by atoms with E-state index in [9.17, 15) is 9.59 Å². The maximum Gasteiger partial charge on any atom is 0.325 e. The van der Waals surface area contributed by atoms with E-state index in [0.717, 1.165) is 24.1 Å². The fraction of sp³-hybridized carbons (Fsp3) is 0.667. The van der Waals surface area contributed by atoms with Crippen LogP contribution in [0.4, 0.5) is 0 Å². The molecule has 1 aromatic heterocycles. The predicted molar refractivity (Wildman–Crippen MR) is 68.2 cm³/mol. The smallest absolute Gasteiger partial charge is 0.325 e. The molecule has 2 heterocycles. The summed E-state index contributed by atoms with van der Waals surface area (Å²) in [5, 5.41) is 16.0. The number of hydrogen-bond acceptors (Lipinski definition) is 5. The Kier molecular flexibility index (Phi) is 4.67. The van der Waals surface area contributed by atoms with Gasteiger partial charge in [0.15, 0.2) is 5.69 Å². The molecule has 0 saturated carbocycles. The van der Waals surface area contributed by atoms with Gasteiger partial charge in [-0.15, -0.1) is 5.10 Å². The summed E-state index contributed by atoms with van der Waals surface area (Å²) in [4.78, 5) is 24.5. The molecular weight excluding hydrogens is 264 g/mol. The molecule has 1 aliphatic heterocycles. The van der Waals surface area contributed by atoms with Crippen LogP contribution in [0, 0.1) is 0 Å².